The van der Waals surface area contributed by atoms with Crippen molar-refractivity contribution in [1.29, 1.82) is 0 Å². The van der Waals surface area contributed by atoms with E-state index in [1.54, 1.807) is 6.33 Å². The molecule has 1 fully saturated rings. The average molecular weight is 369 g/mol. The second-order valence-corrected chi connectivity index (χ2v) is 7.35. The molecule has 6 heteroatoms. The van der Waals surface area contributed by atoms with Crippen LogP contribution in [0.4, 0.5) is 0 Å². The van der Waals surface area contributed by atoms with Crippen molar-refractivity contribution in [2.75, 3.05) is 6.54 Å². The molecule has 1 heterocycles. The Bertz CT molecular complexity index is 713. The Morgan fingerprint density at radius 3 is 2.70 bits per heavy atom. The van der Waals surface area contributed by atoms with E-state index in [0.29, 0.717) is 12.6 Å². The van der Waals surface area contributed by atoms with E-state index in [1.807, 2.05) is 0 Å². The molecule has 1 aliphatic rings. The fourth-order valence-corrected chi connectivity index (χ4v) is 3.49. The number of benzene rings is 1. The van der Waals surface area contributed by atoms with Gasteiger partial charge in [-0.15, -0.1) is 10.2 Å². The maximum Gasteiger partial charge on any atom is 0.191 e. The van der Waals surface area contributed by atoms with Gasteiger partial charge in [0.15, 0.2) is 5.96 Å². The number of hydrogen-bond donors (Lipinski definition) is 2. The molecule has 3 rings (SSSR count). The van der Waals surface area contributed by atoms with Crippen molar-refractivity contribution in [3.63, 3.8) is 0 Å². The van der Waals surface area contributed by atoms with Gasteiger partial charge in [-0.2, -0.15) is 0 Å². The van der Waals surface area contributed by atoms with E-state index < -0.39 is 0 Å². The topological polar surface area (TPSA) is 67.1 Å². The van der Waals surface area contributed by atoms with Crippen LogP contribution < -0.4 is 10.6 Å². The van der Waals surface area contributed by atoms with Crippen molar-refractivity contribution in [3.05, 3.63) is 47.5 Å². The average Bonchev–Trinajstić information content (AvgIpc) is 3.15. The molecule has 27 heavy (non-hydrogen) atoms. The minimum absolute atomic E-state index is 0.532. The molecular weight excluding hydrogens is 336 g/mol. The van der Waals surface area contributed by atoms with Crippen molar-refractivity contribution in [3.8, 4) is 0 Å². The predicted octanol–water partition coefficient (Wildman–Crippen LogP) is 3.22. The molecule has 0 radical (unpaired) electrons. The quantitative estimate of drug-likeness (QED) is 0.582. The number of nitrogens with zero attached hydrogens (tertiary/aromatic N) is 4. The van der Waals surface area contributed by atoms with Gasteiger partial charge in [0.05, 0.1) is 6.54 Å². The highest BCUT2D eigenvalue weighted by molar-refractivity contribution is 5.80. The number of aromatic nitrogens is 3. The van der Waals surface area contributed by atoms with Crippen molar-refractivity contribution in [2.45, 2.75) is 71.5 Å². The maximum atomic E-state index is 4.83. The summed E-state index contributed by atoms with van der Waals surface area (Å²) < 4.78 is 2.10. The van der Waals surface area contributed by atoms with E-state index in [9.17, 15) is 0 Å². The van der Waals surface area contributed by atoms with E-state index in [-0.39, 0.29) is 0 Å². The van der Waals surface area contributed by atoms with Gasteiger partial charge >= 0.3 is 0 Å². The first-order chi connectivity index (χ1) is 13.2. The third kappa shape index (κ3) is 6.08. The summed E-state index contributed by atoms with van der Waals surface area (Å²) in [7, 11) is 0. The number of rotatable bonds is 7. The van der Waals surface area contributed by atoms with Crippen molar-refractivity contribution in [2.24, 2.45) is 4.99 Å². The van der Waals surface area contributed by atoms with Gasteiger partial charge in [-0.3, -0.25) is 0 Å². The highest BCUT2D eigenvalue weighted by Gasteiger charge is 2.14. The Morgan fingerprint density at radius 1 is 1.19 bits per heavy atom. The number of nitrogens with one attached hydrogen (secondary N) is 2. The summed E-state index contributed by atoms with van der Waals surface area (Å²) in [4.78, 5) is 4.83. The number of aryl methyl sites for hydroxylation is 2. The Balaban J connectivity index is 1.59. The van der Waals surface area contributed by atoms with Gasteiger partial charge in [0.2, 0.25) is 0 Å². The van der Waals surface area contributed by atoms with E-state index in [1.165, 1.54) is 43.2 Å². The summed E-state index contributed by atoms with van der Waals surface area (Å²) in [5, 5.41) is 15.3. The molecule has 0 saturated heterocycles. The number of hydrogen-bond acceptors (Lipinski definition) is 3. The van der Waals surface area contributed by atoms with Gasteiger partial charge in [0.25, 0.3) is 0 Å². The summed E-state index contributed by atoms with van der Waals surface area (Å²) in [6.45, 7) is 6.55. The van der Waals surface area contributed by atoms with Crippen molar-refractivity contribution >= 4 is 5.96 Å². The molecule has 0 unspecified atom stereocenters. The van der Waals surface area contributed by atoms with Crippen LogP contribution in [0, 0.1) is 6.92 Å². The van der Waals surface area contributed by atoms with Crippen LogP contribution in [0.25, 0.3) is 0 Å². The smallest absolute Gasteiger partial charge is 0.191 e. The fraction of sp³-hybridized carbons (Fsp3) is 0.571. The molecule has 0 spiro atoms. The molecule has 146 valence electrons. The maximum absolute atomic E-state index is 4.83. The zero-order valence-corrected chi connectivity index (χ0v) is 16.6. The lowest BCUT2D eigenvalue weighted by Crippen LogP contribution is -2.45. The molecule has 0 aliphatic heterocycles. The van der Waals surface area contributed by atoms with E-state index in [4.69, 9.17) is 4.99 Å². The molecule has 1 aromatic carbocycles. The summed E-state index contributed by atoms with van der Waals surface area (Å²) in [5.74, 6) is 1.93. The molecule has 6 nitrogen and oxygen atoms in total. The largest absolute Gasteiger partial charge is 0.355 e. The molecule has 0 bridgehead atoms. The van der Waals surface area contributed by atoms with E-state index in [2.05, 4.69) is 63.5 Å². The van der Waals surface area contributed by atoms with Gasteiger partial charge in [-0.25, -0.2) is 4.99 Å². The third-order valence-corrected chi connectivity index (χ3v) is 5.14. The van der Waals surface area contributed by atoms with Crippen LogP contribution in [0.5, 0.6) is 0 Å². The third-order valence-electron chi connectivity index (χ3n) is 5.14. The highest BCUT2D eigenvalue weighted by Crippen LogP contribution is 2.17. The number of aliphatic imine (C=N–C) groups is 1. The fourth-order valence-electron chi connectivity index (χ4n) is 3.49. The zero-order valence-electron chi connectivity index (χ0n) is 16.6. The summed E-state index contributed by atoms with van der Waals surface area (Å²) >= 11 is 0. The van der Waals surface area contributed by atoms with Gasteiger partial charge in [-0.1, -0.05) is 56.0 Å². The molecule has 0 atom stereocenters. The predicted molar refractivity (Wildman–Crippen MR) is 110 cm³/mol. The Morgan fingerprint density at radius 2 is 1.96 bits per heavy atom. The molecule has 1 aliphatic carbocycles. The first-order valence-corrected chi connectivity index (χ1v) is 10.2. The Kier molecular flexibility index (Phi) is 7.25. The van der Waals surface area contributed by atoms with Crippen LogP contribution in [-0.2, 0) is 19.5 Å². The minimum atomic E-state index is 0.532. The lowest BCUT2D eigenvalue weighted by atomic mass is 9.96. The van der Waals surface area contributed by atoms with E-state index in [0.717, 1.165) is 31.3 Å². The Hall–Kier alpha value is -2.37. The van der Waals surface area contributed by atoms with Gasteiger partial charge in [-0.05, 0) is 25.3 Å². The normalized spacial score (nSPS) is 15.7. The second kappa shape index (κ2) is 10.1. The summed E-state index contributed by atoms with van der Waals surface area (Å²) in [6.07, 6.45) is 9.14. The first kappa shape index (κ1) is 19.4. The number of guanidine groups is 1. The molecule has 1 aromatic heterocycles. The molecule has 2 N–H and O–H groups in total. The van der Waals surface area contributed by atoms with Crippen LogP contribution in [0.1, 0.15) is 56.0 Å². The lowest BCUT2D eigenvalue weighted by molar-refractivity contribution is 0.409. The summed E-state index contributed by atoms with van der Waals surface area (Å²) in [6, 6.07) is 9.13. The first-order valence-electron chi connectivity index (χ1n) is 10.2. The Labute approximate surface area is 162 Å². The molecular formula is C21H32N6. The molecule has 2 aromatic rings. The van der Waals surface area contributed by atoms with Crippen LogP contribution in [0.15, 0.2) is 35.6 Å². The van der Waals surface area contributed by atoms with Crippen LogP contribution in [0.2, 0.25) is 0 Å². The van der Waals surface area contributed by atoms with Crippen LogP contribution >= 0.6 is 0 Å². The zero-order chi connectivity index (χ0) is 18.9. The van der Waals surface area contributed by atoms with Crippen molar-refractivity contribution in [1.82, 2.24) is 25.4 Å². The highest BCUT2D eigenvalue weighted by atomic mass is 15.3. The van der Waals surface area contributed by atoms with E-state index >= 15 is 0 Å². The van der Waals surface area contributed by atoms with Gasteiger partial charge in [0.1, 0.15) is 12.2 Å². The molecule has 0 amide bonds. The lowest BCUT2D eigenvalue weighted by Gasteiger charge is -2.25. The standard InChI is InChI=1S/C21H32N6/c1-3-20-26-24-16-27(20)14-13-22-21(25-19-7-5-4-6-8-19)23-15-18-11-9-17(2)10-12-18/h9-12,16,19H,3-8,13-15H2,1-2H3,(H2,22,23,25). The van der Waals surface area contributed by atoms with Crippen LogP contribution in [-0.4, -0.2) is 33.3 Å². The van der Waals surface area contributed by atoms with Gasteiger partial charge < -0.3 is 15.2 Å². The second-order valence-electron chi connectivity index (χ2n) is 7.35. The minimum Gasteiger partial charge on any atom is -0.355 e. The monoisotopic (exact) mass is 368 g/mol. The van der Waals surface area contributed by atoms with Crippen LogP contribution in [0.3, 0.4) is 0 Å². The van der Waals surface area contributed by atoms with Crippen molar-refractivity contribution < 1.29 is 0 Å². The summed E-state index contributed by atoms with van der Waals surface area (Å²) in [5.41, 5.74) is 2.51. The molecule has 1 saturated carbocycles. The SMILES string of the molecule is CCc1nncn1CCNC(=NCc1ccc(C)cc1)NC1CCCCC1. The van der Waals surface area contributed by atoms with Gasteiger partial charge in [0, 0.05) is 25.6 Å².